The number of aliphatic hydroxyl groups excluding tert-OH is 1. The molecule has 1 aliphatic heterocycles. The molecule has 31 heavy (non-hydrogen) atoms. The Morgan fingerprint density at radius 2 is 1.52 bits per heavy atom. The third-order valence-corrected chi connectivity index (χ3v) is 6.15. The topological polar surface area (TPSA) is 81.1 Å². The van der Waals surface area contributed by atoms with Crippen molar-refractivity contribution in [1.29, 1.82) is 0 Å². The summed E-state index contributed by atoms with van der Waals surface area (Å²) in [7, 11) is 0. The van der Waals surface area contributed by atoms with Crippen molar-refractivity contribution in [2.45, 2.75) is 122 Å². The van der Waals surface area contributed by atoms with Crippen LogP contribution in [0.15, 0.2) is 12.2 Å². The lowest BCUT2D eigenvalue weighted by Gasteiger charge is -2.28. The molecule has 0 aromatic rings. The minimum atomic E-state index is -1.17. The van der Waals surface area contributed by atoms with E-state index in [1.807, 2.05) is 0 Å². The Balaban J connectivity index is 1.98. The number of likely N-dealkylation sites (tertiary alicyclic amines) is 1. The molecule has 0 saturated carbocycles. The first-order valence-electron chi connectivity index (χ1n) is 12.6. The molecule has 6 nitrogen and oxygen atoms in total. The summed E-state index contributed by atoms with van der Waals surface area (Å²) < 4.78 is 0. The van der Waals surface area contributed by atoms with E-state index in [0.29, 0.717) is 13.1 Å². The van der Waals surface area contributed by atoms with Crippen molar-refractivity contribution in [3.05, 3.63) is 12.2 Å². The highest BCUT2D eigenvalue weighted by Crippen LogP contribution is 2.20. The molecule has 1 heterocycles. The highest BCUT2D eigenvalue weighted by atomic mass is 16.4. The molecule has 0 radical (unpaired) electrons. The van der Waals surface area contributed by atoms with Crippen molar-refractivity contribution in [3.63, 3.8) is 0 Å². The number of carboxylic acid groups (broad SMARTS) is 1. The molecule has 0 bridgehead atoms. The predicted molar refractivity (Wildman–Crippen MR) is 126 cm³/mol. The van der Waals surface area contributed by atoms with Crippen molar-refractivity contribution < 1.29 is 19.8 Å². The van der Waals surface area contributed by atoms with Crippen molar-refractivity contribution >= 4 is 12.0 Å². The van der Waals surface area contributed by atoms with Crippen LogP contribution in [0.3, 0.4) is 0 Å². The molecule has 6 heteroatoms. The van der Waals surface area contributed by atoms with E-state index in [-0.39, 0.29) is 12.3 Å². The summed E-state index contributed by atoms with van der Waals surface area (Å²) >= 11 is 0. The van der Waals surface area contributed by atoms with E-state index in [1.165, 1.54) is 84.0 Å². The number of hydrogen-bond donors (Lipinski definition) is 2. The third-order valence-electron chi connectivity index (χ3n) is 6.15. The van der Waals surface area contributed by atoms with Crippen LogP contribution in [0, 0.1) is 0 Å². The smallest absolute Gasteiger partial charge is 0.409 e. The molecule has 1 aliphatic rings. The summed E-state index contributed by atoms with van der Waals surface area (Å²) in [5.74, 6) is -0.00959. The van der Waals surface area contributed by atoms with Gasteiger partial charge in [0.1, 0.15) is 6.23 Å². The maximum atomic E-state index is 12.1. The van der Waals surface area contributed by atoms with E-state index in [4.69, 9.17) is 0 Å². The highest BCUT2D eigenvalue weighted by molar-refractivity contribution is 5.80. The fourth-order valence-corrected chi connectivity index (χ4v) is 4.33. The Labute approximate surface area is 189 Å². The average Bonchev–Trinajstić information content (AvgIpc) is 3.06. The van der Waals surface area contributed by atoms with E-state index >= 15 is 0 Å². The number of hydrogen-bond acceptors (Lipinski definition) is 3. The Bertz CT molecular complexity index is 522. The van der Waals surface area contributed by atoms with Crippen LogP contribution in [0.25, 0.3) is 0 Å². The summed E-state index contributed by atoms with van der Waals surface area (Å²) in [6, 6.07) is -0.445. The van der Waals surface area contributed by atoms with Crippen LogP contribution in [0.2, 0.25) is 0 Å². The zero-order valence-corrected chi connectivity index (χ0v) is 19.9. The molecule has 0 aliphatic carbocycles. The molecule has 0 spiro atoms. The van der Waals surface area contributed by atoms with Gasteiger partial charge >= 0.3 is 6.09 Å². The molecular formula is C25H46N2O4. The fourth-order valence-electron chi connectivity index (χ4n) is 4.33. The third kappa shape index (κ3) is 12.2. The van der Waals surface area contributed by atoms with Crippen LogP contribution >= 0.6 is 0 Å². The number of amides is 2. The SMILES string of the molecule is CCCCCCCC/C=C\CCCCCCCCN1CC(N(C(=O)O)C(C)O)CC1=O. The predicted octanol–water partition coefficient (Wildman–Crippen LogP) is 5.94. The number of nitrogens with zero attached hydrogens (tertiary/aromatic N) is 2. The van der Waals surface area contributed by atoms with Crippen LogP contribution in [-0.2, 0) is 4.79 Å². The largest absolute Gasteiger partial charge is 0.465 e. The van der Waals surface area contributed by atoms with E-state index in [1.54, 1.807) is 4.90 Å². The lowest BCUT2D eigenvalue weighted by molar-refractivity contribution is -0.127. The molecule has 0 aromatic heterocycles. The summed E-state index contributed by atoms with van der Waals surface area (Å²) in [5, 5.41) is 18.9. The fraction of sp³-hybridized carbons (Fsp3) is 0.840. The first-order chi connectivity index (χ1) is 15.0. The number of carbonyl (C=O) groups excluding carboxylic acids is 1. The first-order valence-corrected chi connectivity index (χ1v) is 12.6. The van der Waals surface area contributed by atoms with Crippen LogP contribution in [0.4, 0.5) is 4.79 Å². The quantitative estimate of drug-likeness (QED) is 0.158. The Hall–Kier alpha value is -1.56. The normalized spacial score (nSPS) is 17.6. The lowest BCUT2D eigenvalue weighted by atomic mass is 10.1. The van der Waals surface area contributed by atoms with Gasteiger partial charge in [0.25, 0.3) is 0 Å². The molecule has 2 N–H and O–H groups in total. The molecular weight excluding hydrogens is 392 g/mol. The van der Waals surface area contributed by atoms with E-state index in [9.17, 15) is 19.8 Å². The van der Waals surface area contributed by atoms with Crippen molar-refractivity contribution in [2.75, 3.05) is 13.1 Å². The Kier molecular flexibility index (Phi) is 15.1. The number of aliphatic hydroxyl groups is 1. The van der Waals surface area contributed by atoms with Gasteiger partial charge in [0.05, 0.1) is 6.04 Å². The molecule has 1 fully saturated rings. The van der Waals surface area contributed by atoms with Gasteiger partial charge in [-0.1, -0.05) is 76.9 Å². The molecule has 180 valence electrons. The summed E-state index contributed by atoms with van der Waals surface area (Å²) in [5.41, 5.74) is 0. The highest BCUT2D eigenvalue weighted by Gasteiger charge is 2.37. The maximum absolute atomic E-state index is 12.1. The van der Waals surface area contributed by atoms with Gasteiger partial charge in [-0.05, 0) is 39.0 Å². The van der Waals surface area contributed by atoms with Gasteiger partial charge in [-0.25, -0.2) is 4.79 Å². The van der Waals surface area contributed by atoms with Gasteiger partial charge in [-0.2, -0.15) is 0 Å². The first kappa shape index (κ1) is 27.5. The van der Waals surface area contributed by atoms with Crippen molar-refractivity contribution in [3.8, 4) is 0 Å². The van der Waals surface area contributed by atoms with Gasteiger partial charge in [0.2, 0.25) is 5.91 Å². The van der Waals surface area contributed by atoms with Gasteiger partial charge in [-0.3, -0.25) is 9.69 Å². The minimum Gasteiger partial charge on any atom is -0.465 e. The number of unbranched alkanes of at least 4 members (excludes halogenated alkanes) is 12. The van der Waals surface area contributed by atoms with Crippen LogP contribution < -0.4 is 0 Å². The van der Waals surface area contributed by atoms with Crippen LogP contribution in [-0.4, -0.2) is 57.4 Å². The molecule has 2 amide bonds. The maximum Gasteiger partial charge on any atom is 0.409 e. The van der Waals surface area contributed by atoms with Gasteiger partial charge in [0.15, 0.2) is 0 Å². The summed E-state index contributed by atoms with van der Waals surface area (Å²) in [6.07, 6.45) is 20.1. The van der Waals surface area contributed by atoms with E-state index in [0.717, 1.165) is 17.7 Å². The standard InChI is InChI=1S/C25H46N2O4/c1-3-4-5-6-7-8-9-10-11-12-13-14-15-16-17-18-19-26-21-23(20-24(26)29)27(22(2)28)25(30)31/h10-11,22-23,28H,3-9,12-21H2,1-2H3,(H,30,31)/b11-10-. The lowest BCUT2D eigenvalue weighted by Crippen LogP contribution is -2.46. The van der Waals surface area contributed by atoms with Crippen molar-refractivity contribution in [2.24, 2.45) is 0 Å². The van der Waals surface area contributed by atoms with Crippen LogP contribution in [0.1, 0.15) is 110 Å². The number of rotatable bonds is 18. The second-order valence-corrected chi connectivity index (χ2v) is 8.96. The summed E-state index contributed by atoms with van der Waals surface area (Å²) in [4.78, 5) is 26.2. The number of allylic oxidation sites excluding steroid dienone is 2. The second-order valence-electron chi connectivity index (χ2n) is 8.96. The molecule has 2 unspecified atom stereocenters. The molecule has 1 rings (SSSR count). The zero-order chi connectivity index (χ0) is 22.9. The van der Waals surface area contributed by atoms with Gasteiger partial charge in [0, 0.05) is 19.5 Å². The van der Waals surface area contributed by atoms with Gasteiger partial charge in [-0.15, -0.1) is 0 Å². The van der Waals surface area contributed by atoms with E-state index < -0.39 is 18.4 Å². The van der Waals surface area contributed by atoms with Crippen LogP contribution in [0.5, 0.6) is 0 Å². The van der Waals surface area contributed by atoms with Crippen molar-refractivity contribution in [1.82, 2.24) is 9.80 Å². The molecule has 1 saturated heterocycles. The Morgan fingerprint density at radius 3 is 2.03 bits per heavy atom. The monoisotopic (exact) mass is 438 g/mol. The van der Waals surface area contributed by atoms with E-state index in [2.05, 4.69) is 19.1 Å². The number of carbonyl (C=O) groups is 2. The minimum absolute atomic E-state index is 0.00959. The van der Waals surface area contributed by atoms with Gasteiger partial charge < -0.3 is 15.1 Å². The summed E-state index contributed by atoms with van der Waals surface area (Å²) in [6.45, 7) is 4.75. The average molecular weight is 439 g/mol. The zero-order valence-electron chi connectivity index (χ0n) is 19.9. The second kappa shape index (κ2) is 17.0. The molecule has 2 atom stereocenters. The molecule has 0 aromatic carbocycles. The Morgan fingerprint density at radius 1 is 1.00 bits per heavy atom.